The zero-order chi connectivity index (χ0) is 16.5. The first kappa shape index (κ1) is 16.3. The zero-order valence-corrected chi connectivity index (χ0v) is 12.9. The van der Waals surface area contributed by atoms with Gasteiger partial charge in [-0.25, -0.2) is 9.97 Å². The van der Waals surface area contributed by atoms with Crippen molar-refractivity contribution in [3.63, 3.8) is 0 Å². The molecule has 8 heteroatoms. The van der Waals surface area contributed by atoms with Crippen molar-refractivity contribution in [3.8, 4) is 11.3 Å². The maximum atomic E-state index is 13.0. The van der Waals surface area contributed by atoms with E-state index in [0.29, 0.717) is 11.3 Å². The summed E-state index contributed by atoms with van der Waals surface area (Å²) in [6, 6.07) is 0.928. The van der Waals surface area contributed by atoms with Crippen molar-refractivity contribution in [2.24, 2.45) is 7.05 Å². The second kappa shape index (κ2) is 5.94. The maximum Gasteiger partial charge on any atom is 0.433 e. The lowest BCUT2D eigenvalue weighted by molar-refractivity contribution is -0.141. The first-order valence-corrected chi connectivity index (χ1v) is 6.94. The van der Waals surface area contributed by atoms with Crippen LogP contribution in [0.15, 0.2) is 12.3 Å². The van der Waals surface area contributed by atoms with Gasteiger partial charge in [0.15, 0.2) is 5.69 Å². The summed E-state index contributed by atoms with van der Waals surface area (Å²) in [5, 5.41) is 7.03. The summed E-state index contributed by atoms with van der Waals surface area (Å²) in [5.41, 5.74) is 0.414. The minimum Gasteiger partial charge on any atom is -0.352 e. The molecular weight excluding hydrogens is 295 g/mol. The standard InChI is InChI=1S/C14H18F3N5/c1-5-8(2)18-13-19-11(6-12(20-13)14(15,16)17)10-7-22(4)21-9(10)3/h6-8H,5H2,1-4H3,(H,18,19,20). The molecule has 0 radical (unpaired) electrons. The number of aryl methyl sites for hydroxylation is 2. The fourth-order valence-corrected chi connectivity index (χ4v) is 1.97. The molecule has 22 heavy (non-hydrogen) atoms. The molecule has 0 fully saturated rings. The topological polar surface area (TPSA) is 55.6 Å². The Hall–Kier alpha value is -2.12. The Kier molecular flexibility index (Phi) is 4.39. The van der Waals surface area contributed by atoms with E-state index in [9.17, 15) is 13.2 Å². The van der Waals surface area contributed by atoms with E-state index in [1.165, 1.54) is 0 Å². The van der Waals surface area contributed by atoms with Crippen LogP contribution in [0.5, 0.6) is 0 Å². The monoisotopic (exact) mass is 313 g/mol. The van der Waals surface area contributed by atoms with Crippen molar-refractivity contribution in [3.05, 3.63) is 23.7 Å². The fourth-order valence-electron chi connectivity index (χ4n) is 1.97. The molecule has 120 valence electrons. The molecule has 1 N–H and O–H groups in total. The Morgan fingerprint density at radius 2 is 2.00 bits per heavy atom. The first-order valence-electron chi connectivity index (χ1n) is 6.94. The van der Waals surface area contributed by atoms with Gasteiger partial charge in [0.05, 0.1) is 11.4 Å². The van der Waals surface area contributed by atoms with Gasteiger partial charge in [0.2, 0.25) is 5.95 Å². The van der Waals surface area contributed by atoms with Crippen LogP contribution in [0, 0.1) is 6.92 Å². The predicted molar refractivity (Wildman–Crippen MR) is 77.3 cm³/mol. The molecule has 5 nitrogen and oxygen atoms in total. The molecule has 0 amide bonds. The second-order valence-corrected chi connectivity index (χ2v) is 5.22. The van der Waals surface area contributed by atoms with Crippen LogP contribution in [0.3, 0.4) is 0 Å². The van der Waals surface area contributed by atoms with Crippen LogP contribution >= 0.6 is 0 Å². The van der Waals surface area contributed by atoms with E-state index in [-0.39, 0.29) is 17.7 Å². The lowest BCUT2D eigenvalue weighted by Gasteiger charge is -2.14. The average molecular weight is 313 g/mol. The lowest BCUT2D eigenvalue weighted by atomic mass is 10.1. The summed E-state index contributed by atoms with van der Waals surface area (Å²) >= 11 is 0. The highest BCUT2D eigenvalue weighted by Crippen LogP contribution is 2.31. The van der Waals surface area contributed by atoms with Crippen molar-refractivity contribution >= 4 is 5.95 Å². The molecule has 2 aromatic heterocycles. The van der Waals surface area contributed by atoms with Gasteiger partial charge in [-0.2, -0.15) is 18.3 Å². The molecule has 1 atom stereocenters. The Labute approximate surface area is 126 Å². The molecular formula is C14H18F3N5. The van der Waals surface area contributed by atoms with Crippen molar-refractivity contribution in [2.75, 3.05) is 5.32 Å². The van der Waals surface area contributed by atoms with Crippen LogP contribution < -0.4 is 5.32 Å². The summed E-state index contributed by atoms with van der Waals surface area (Å²) in [6.45, 7) is 5.52. The van der Waals surface area contributed by atoms with Gasteiger partial charge in [0, 0.05) is 24.8 Å². The number of nitrogens with one attached hydrogen (secondary N) is 1. The molecule has 1 unspecified atom stereocenters. The van der Waals surface area contributed by atoms with E-state index < -0.39 is 11.9 Å². The third kappa shape index (κ3) is 3.55. The van der Waals surface area contributed by atoms with Crippen molar-refractivity contribution in [1.82, 2.24) is 19.7 Å². The fraction of sp³-hybridized carbons (Fsp3) is 0.500. The predicted octanol–water partition coefficient (Wildman–Crippen LogP) is 3.41. The van der Waals surface area contributed by atoms with Gasteiger partial charge in [-0.05, 0) is 26.3 Å². The van der Waals surface area contributed by atoms with E-state index in [1.54, 1.807) is 24.9 Å². The number of halogens is 3. The highest BCUT2D eigenvalue weighted by molar-refractivity contribution is 5.62. The SMILES string of the molecule is CCC(C)Nc1nc(-c2cn(C)nc2C)cc(C(F)(F)F)n1. The largest absolute Gasteiger partial charge is 0.433 e. The quantitative estimate of drug-likeness (QED) is 0.940. The second-order valence-electron chi connectivity index (χ2n) is 5.22. The molecule has 0 saturated heterocycles. The Bertz CT molecular complexity index is 663. The lowest BCUT2D eigenvalue weighted by Crippen LogP contribution is -2.18. The third-order valence-corrected chi connectivity index (χ3v) is 3.29. The van der Waals surface area contributed by atoms with Gasteiger partial charge in [-0.1, -0.05) is 6.92 Å². The van der Waals surface area contributed by atoms with Gasteiger partial charge in [0.25, 0.3) is 0 Å². The van der Waals surface area contributed by atoms with Crippen LogP contribution in [-0.2, 0) is 13.2 Å². The van der Waals surface area contributed by atoms with E-state index in [1.807, 2.05) is 13.8 Å². The Balaban J connectivity index is 2.53. The molecule has 0 spiro atoms. The van der Waals surface area contributed by atoms with Crippen LogP contribution in [-0.4, -0.2) is 25.8 Å². The van der Waals surface area contributed by atoms with Crippen molar-refractivity contribution in [2.45, 2.75) is 39.4 Å². The first-order chi connectivity index (χ1) is 10.2. The molecule has 2 rings (SSSR count). The molecule has 0 aliphatic rings. The Morgan fingerprint density at radius 1 is 1.32 bits per heavy atom. The van der Waals surface area contributed by atoms with Gasteiger partial charge >= 0.3 is 6.18 Å². The highest BCUT2D eigenvalue weighted by Gasteiger charge is 2.34. The number of nitrogens with zero attached hydrogens (tertiary/aromatic N) is 4. The minimum absolute atomic E-state index is 0.0219. The smallest absolute Gasteiger partial charge is 0.352 e. The summed E-state index contributed by atoms with van der Waals surface area (Å²) in [5.74, 6) is -0.0255. The zero-order valence-electron chi connectivity index (χ0n) is 12.9. The van der Waals surface area contributed by atoms with Crippen LogP contribution in [0.4, 0.5) is 19.1 Å². The van der Waals surface area contributed by atoms with Gasteiger partial charge < -0.3 is 5.32 Å². The molecule has 2 heterocycles. The molecule has 0 aromatic carbocycles. The number of alkyl halides is 3. The molecule has 0 aliphatic carbocycles. The number of anilines is 1. The van der Waals surface area contributed by atoms with E-state index in [4.69, 9.17) is 0 Å². The molecule has 0 bridgehead atoms. The summed E-state index contributed by atoms with van der Waals surface area (Å²) in [6.07, 6.45) is -2.13. The molecule has 0 aliphatic heterocycles. The third-order valence-electron chi connectivity index (χ3n) is 3.29. The summed E-state index contributed by atoms with van der Waals surface area (Å²) in [4.78, 5) is 7.78. The maximum absolute atomic E-state index is 13.0. The molecule has 2 aromatic rings. The van der Waals surface area contributed by atoms with E-state index >= 15 is 0 Å². The average Bonchev–Trinajstić information content (AvgIpc) is 2.76. The van der Waals surface area contributed by atoms with E-state index in [0.717, 1.165) is 12.5 Å². The van der Waals surface area contributed by atoms with Crippen LogP contribution in [0.2, 0.25) is 0 Å². The van der Waals surface area contributed by atoms with Gasteiger partial charge in [0.1, 0.15) is 0 Å². The Morgan fingerprint density at radius 3 is 2.50 bits per heavy atom. The number of hydrogen-bond acceptors (Lipinski definition) is 4. The van der Waals surface area contributed by atoms with Gasteiger partial charge in [-0.3, -0.25) is 4.68 Å². The summed E-state index contributed by atoms with van der Waals surface area (Å²) < 4.78 is 40.7. The number of rotatable bonds is 4. The van der Waals surface area contributed by atoms with Crippen molar-refractivity contribution in [1.29, 1.82) is 0 Å². The summed E-state index contributed by atoms with van der Waals surface area (Å²) in [7, 11) is 1.71. The van der Waals surface area contributed by atoms with Crippen molar-refractivity contribution < 1.29 is 13.2 Å². The highest BCUT2D eigenvalue weighted by atomic mass is 19.4. The van der Waals surface area contributed by atoms with E-state index in [2.05, 4.69) is 20.4 Å². The number of aromatic nitrogens is 4. The number of hydrogen-bond donors (Lipinski definition) is 1. The minimum atomic E-state index is -4.53. The van der Waals surface area contributed by atoms with Crippen LogP contribution in [0.1, 0.15) is 31.7 Å². The molecule has 0 saturated carbocycles. The normalized spacial score (nSPS) is 13.2. The van der Waals surface area contributed by atoms with Gasteiger partial charge in [-0.15, -0.1) is 0 Å². The van der Waals surface area contributed by atoms with Crippen LogP contribution in [0.25, 0.3) is 11.3 Å².